The summed E-state index contributed by atoms with van der Waals surface area (Å²) in [6, 6.07) is 1.26. The second-order valence-corrected chi connectivity index (χ2v) is 9.21. The summed E-state index contributed by atoms with van der Waals surface area (Å²) in [7, 11) is 0. The van der Waals surface area contributed by atoms with Crippen LogP contribution in [-0.2, 0) is 17.9 Å². The van der Waals surface area contributed by atoms with Gasteiger partial charge in [-0.05, 0) is 32.4 Å². The molecule has 0 spiro atoms. The Balaban J connectivity index is 1.81. The highest BCUT2D eigenvalue weighted by molar-refractivity contribution is 7.21. The van der Waals surface area contributed by atoms with Crippen molar-refractivity contribution in [2.24, 2.45) is 5.73 Å². The molecular weight excluding hydrogens is 500 g/mol. The molecule has 4 heterocycles. The van der Waals surface area contributed by atoms with Crippen LogP contribution in [0.3, 0.4) is 0 Å². The Morgan fingerprint density at radius 1 is 1.17 bits per heavy atom. The highest BCUT2D eigenvalue weighted by Gasteiger charge is 2.26. The second kappa shape index (κ2) is 9.70. The number of halogens is 3. The number of fused-ring (bicyclic) bond motifs is 1. The van der Waals surface area contributed by atoms with Gasteiger partial charge >= 0.3 is 0 Å². The van der Waals surface area contributed by atoms with E-state index in [0.717, 1.165) is 17.0 Å². The molecule has 2 amide bonds. The van der Waals surface area contributed by atoms with E-state index in [1.807, 2.05) is 13.8 Å². The largest absolute Gasteiger partial charge is 0.365 e. The molecule has 4 rings (SSSR count). The molecule has 0 bridgehead atoms. The Kier molecular flexibility index (Phi) is 6.86. The fourth-order valence-corrected chi connectivity index (χ4v) is 4.98. The maximum Gasteiger partial charge on any atom is 0.280 e. The van der Waals surface area contributed by atoms with Crippen LogP contribution >= 0.6 is 22.9 Å². The standard InChI is InChI=1S/C22H22ClF2N7O2S/c1-4-31-10(2)13(8-27-31)12-7-15(20(24)25)29-22-17(12)18(19(35-22)21(26)34)30-16(33)5-6-32-11(3)14(23)9-28-32/h7-9,20H,4-6H2,1-3H3,(H2,26,34)(H,30,33). The number of thiophene rings is 1. The van der Waals surface area contributed by atoms with E-state index in [4.69, 9.17) is 17.3 Å². The van der Waals surface area contributed by atoms with E-state index in [1.54, 1.807) is 22.5 Å². The molecule has 4 aromatic rings. The predicted molar refractivity (Wildman–Crippen MR) is 130 cm³/mol. The summed E-state index contributed by atoms with van der Waals surface area (Å²) >= 11 is 6.87. The van der Waals surface area contributed by atoms with Gasteiger partial charge in [-0.3, -0.25) is 19.0 Å². The quantitative estimate of drug-likeness (QED) is 0.348. The van der Waals surface area contributed by atoms with Crippen LogP contribution in [0.1, 0.15) is 46.5 Å². The molecule has 0 aliphatic carbocycles. The van der Waals surface area contributed by atoms with Crippen molar-refractivity contribution in [3.63, 3.8) is 0 Å². The van der Waals surface area contributed by atoms with E-state index in [-0.39, 0.29) is 28.4 Å². The molecule has 0 aromatic carbocycles. The number of carbonyl (C=O) groups excluding carboxylic acids is 2. The fourth-order valence-electron chi connectivity index (χ4n) is 3.82. The predicted octanol–water partition coefficient (Wildman–Crippen LogP) is 4.71. The smallest absolute Gasteiger partial charge is 0.280 e. The lowest BCUT2D eigenvalue weighted by Gasteiger charge is -2.11. The number of hydrogen-bond donors (Lipinski definition) is 2. The van der Waals surface area contributed by atoms with Gasteiger partial charge in [0.25, 0.3) is 12.3 Å². The monoisotopic (exact) mass is 521 g/mol. The van der Waals surface area contributed by atoms with Gasteiger partial charge in [-0.15, -0.1) is 11.3 Å². The number of carbonyl (C=O) groups is 2. The minimum Gasteiger partial charge on any atom is -0.365 e. The minimum atomic E-state index is -2.83. The van der Waals surface area contributed by atoms with Gasteiger partial charge < -0.3 is 11.1 Å². The van der Waals surface area contributed by atoms with E-state index in [1.165, 1.54) is 12.3 Å². The topological polar surface area (TPSA) is 121 Å². The Bertz CT molecular complexity index is 1440. The van der Waals surface area contributed by atoms with Crippen LogP contribution in [-0.4, -0.2) is 36.4 Å². The number of pyridine rings is 1. The summed E-state index contributed by atoms with van der Waals surface area (Å²) < 4.78 is 30.7. The highest BCUT2D eigenvalue weighted by Crippen LogP contribution is 2.43. The number of anilines is 1. The molecular formula is C22H22ClF2N7O2S. The van der Waals surface area contributed by atoms with Gasteiger partial charge in [-0.25, -0.2) is 13.8 Å². The van der Waals surface area contributed by atoms with Gasteiger partial charge in [-0.2, -0.15) is 10.2 Å². The van der Waals surface area contributed by atoms with Crippen molar-refractivity contribution in [2.45, 2.75) is 46.7 Å². The zero-order valence-electron chi connectivity index (χ0n) is 19.1. The molecule has 0 radical (unpaired) electrons. The number of aromatic nitrogens is 5. The second-order valence-electron chi connectivity index (χ2n) is 7.80. The van der Waals surface area contributed by atoms with Crippen molar-refractivity contribution in [2.75, 3.05) is 5.32 Å². The summed E-state index contributed by atoms with van der Waals surface area (Å²) in [4.78, 5) is 29.4. The van der Waals surface area contributed by atoms with Gasteiger partial charge in [0.1, 0.15) is 15.4 Å². The number of nitrogens with zero attached hydrogens (tertiary/aromatic N) is 5. The van der Waals surface area contributed by atoms with Crippen LogP contribution < -0.4 is 11.1 Å². The average molecular weight is 522 g/mol. The Labute approximate surface area is 207 Å². The zero-order chi connectivity index (χ0) is 25.4. The molecule has 0 saturated carbocycles. The lowest BCUT2D eigenvalue weighted by Crippen LogP contribution is -2.18. The number of alkyl halides is 2. The van der Waals surface area contributed by atoms with Crippen molar-refractivity contribution in [1.29, 1.82) is 0 Å². The summed E-state index contributed by atoms with van der Waals surface area (Å²) in [5.41, 5.74) is 7.72. The number of aryl methyl sites for hydroxylation is 2. The van der Waals surface area contributed by atoms with Crippen LogP contribution in [0.5, 0.6) is 0 Å². The lowest BCUT2D eigenvalue weighted by atomic mass is 10.0. The van der Waals surface area contributed by atoms with E-state index in [2.05, 4.69) is 20.5 Å². The van der Waals surface area contributed by atoms with Crippen LogP contribution in [0, 0.1) is 13.8 Å². The van der Waals surface area contributed by atoms with Crippen LogP contribution in [0.2, 0.25) is 5.02 Å². The van der Waals surface area contributed by atoms with Crippen molar-refractivity contribution in [1.82, 2.24) is 24.5 Å². The van der Waals surface area contributed by atoms with Crippen LogP contribution in [0.15, 0.2) is 18.5 Å². The molecule has 4 aromatic heterocycles. The Hall–Kier alpha value is -3.38. The maximum atomic E-state index is 13.7. The molecule has 0 aliphatic heterocycles. The highest BCUT2D eigenvalue weighted by atomic mass is 35.5. The summed E-state index contributed by atoms with van der Waals surface area (Å²) in [6.45, 7) is 6.34. The first-order chi connectivity index (χ1) is 16.6. The van der Waals surface area contributed by atoms with Gasteiger partial charge in [0.15, 0.2) is 0 Å². The normalized spacial score (nSPS) is 11.5. The third kappa shape index (κ3) is 4.63. The molecule has 0 atom stereocenters. The minimum absolute atomic E-state index is 0.0207. The third-order valence-corrected chi connectivity index (χ3v) is 7.15. The van der Waals surface area contributed by atoms with Crippen molar-refractivity contribution >= 4 is 50.7 Å². The average Bonchev–Trinajstić information content (AvgIpc) is 3.47. The van der Waals surface area contributed by atoms with Gasteiger partial charge in [-0.1, -0.05) is 11.6 Å². The van der Waals surface area contributed by atoms with Crippen molar-refractivity contribution in [3.8, 4) is 11.1 Å². The molecule has 0 saturated heterocycles. The summed E-state index contributed by atoms with van der Waals surface area (Å²) in [6.07, 6.45) is 0.254. The molecule has 0 aliphatic rings. The Morgan fingerprint density at radius 2 is 1.89 bits per heavy atom. The molecule has 184 valence electrons. The molecule has 9 nitrogen and oxygen atoms in total. The van der Waals surface area contributed by atoms with Gasteiger partial charge in [0.05, 0.1) is 35.3 Å². The molecule has 0 unspecified atom stereocenters. The maximum absolute atomic E-state index is 13.7. The number of nitrogens with two attached hydrogens (primary N) is 1. The van der Waals surface area contributed by atoms with Crippen molar-refractivity contribution < 1.29 is 18.4 Å². The number of primary amides is 1. The van der Waals surface area contributed by atoms with E-state index < -0.39 is 23.9 Å². The third-order valence-electron chi connectivity index (χ3n) is 5.68. The first kappa shape index (κ1) is 24.7. The number of amides is 2. The molecule has 13 heteroatoms. The van der Waals surface area contributed by atoms with Gasteiger partial charge in [0.2, 0.25) is 5.91 Å². The zero-order valence-corrected chi connectivity index (χ0v) is 20.7. The number of rotatable bonds is 8. The van der Waals surface area contributed by atoms with Gasteiger partial charge in [0, 0.05) is 29.6 Å². The Morgan fingerprint density at radius 3 is 2.46 bits per heavy atom. The SMILES string of the molecule is CCn1ncc(-c2cc(C(F)F)nc3sc(C(N)=O)c(NC(=O)CCn4ncc(Cl)c4C)c23)c1C. The van der Waals surface area contributed by atoms with Crippen LogP contribution in [0.25, 0.3) is 21.3 Å². The lowest BCUT2D eigenvalue weighted by molar-refractivity contribution is -0.116. The molecule has 35 heavy (non-hydrogen) atoms. The molecule has 0 fully saturated rings. The number of hydrogen-bond acceptors (Lipinski definition) is 6. The van der Waals surface area contributed by atoms with E-state index in [9.17, 15) is 18.4 Å². The summed E-state index contributed by atoms with van der Waals surface area (Å²) in [5, 5.41) is 12.0. The van der Waals surface area contributed by atoms with E-state index >= 15 is 0 Å². The van der Waals surface area contributed by atoms with Crippen molar-refractivity contribution in [3.05, 3.63) is 45.4 Å². The number of nitrogens with one attached hydrogen (secondary N) is 1. The first-order valence-corrected chi connectivity index (χ1v) is 11.9. The van der Waals surface area contributed by atoms with Crippen LogP contribution in [0.4, 0.5) is 14.5 Å². The van der Waals surface area contributed by atoms with E-state index in [0.29, 0.717) is 33.8 Å². The molecule has 3 N–H and O–H groups in total. The first-order valence-electron chi connectivity index (χ1n) is 10.7. The summed E-state index contributed by atoms with van der Waals surface area (Å²) in [5.74, 6) is -1.22. The fraction of sp³-hybridized carbons (Fsp3) is 0.318.